The van der Waals surface area contributed by atoms with Crippen LogP contribution in [0.15, 0.2) is 54.6 Å². The van der Waals surface area contributed by atoms with Crippen LogP contribution in [0, 0.1) is 0 Å². The predicted molar refractivity (Wildman–Crippen MR) is 86.8 cm³/mol. The highest BCUT2D eigenvalue weighted by molar-refractivity contribution is 5.85. The first-order valence-electron chi connectivity index (χ1n) is 6.30. The molecule has 2 aromatic rings. The van der Waals surface area contributed by atoms with Gasteiger partial charge < -0.3 is 5.32 Å². The summed E-state index contributed by atoms with van der Waals surface area (Å²) in [5.41, 5.74) is 4.27. The van der Waals surface area contributed by atoms with Crippen molar-refractivity contribution in [2.75, 3.05) is 5.32 Å². The zero-order valence-electron chi connectivity index (χ0n) is 10.7. The average Bonchev–Trinajstić information content (AvgIpc) is 2.40. The SMILES string of the molecule is Cl.Cl.c1ccc(NC2CCc3ccccc3C2)cc1. The molecule has 0 aliphatic heterocycles. The van der Waals surface area contributed by atoms with Crippen molar-refractivity contribution in [3.63, 3.8) is 0 Å². The second kappa shape index (κ2) is 7.42. The lowest BCUT2D eigenvalue weighted by molar-refractivity contribution is 0.611. The molecule has 0 bridgehead atoms. The molecule has 1 unspecified atom stereocenters. The molecule has 0 radical (unpaired) electrons. The number of hydrogen-bond donors (Lipinski definition) is 1. The molecule has 3 heteroatoms. The largest absolute Gasteiger partial charge is 0.382 e. The molecule has 0 fully saturated rings. The van der Waals surface area contributed by atoms with Gasteiger partial charge in [0.25, 0.3) is 0 Å². The van der Waals surface area contributed by atoms with Crippen molar-refractivity contribution in [1.82, 2.24) is 0 Å². The first-order valence-corrected chi connectivity index (χ1v) is 6.30. The summed E-state index contributed by atoms with van der Waals surface area (Å²) >= 11 is 0. The van der Waals surface area contributed by atoms with Gasteiger partial charge in [-0.3, -0.25) is 0 Å². The summed E-state index contributed by atoms with van der Waals surface area (Å²) < 4.78 is 0. The van der Waals surface area contributed by atoms with Crippen LogP contribution in [-0.4, -0.2) is 6.04 Å². The number of hydrogen-bond acceptors (Lipinski definition) is 1. The number of rotatable bonds is 2. The zero-order chi connectivity index (χ0) is 11.5. The van der Waals surface area contributed by atoms with Crippen LogP contribution in [0.3, 0.4) is 0 Å². The minimum atomic E-state index is 0. The van der Waals surface area contributed by atoms with Gasteiger partial charge in [-0.05, 0) is 42.5 Å². The van der Waals surface area contributed by atoms with E-state index in [1.165, 1.54) is 29.7 Å². The van der Waals surface area contributed by atoms with Crippen LogP contribution < -0.4 is 5.32 Å². The van der Waals surface area contributed by atoms with Crippen LogP contribution in [0.2, 0.25) is 0 Å². The molecule has 0 amide bonds. The van der Waals surface area contributed by atoms with E-state index in [1.807, 2.05) is 0 Å². The summed E-state index contributed by atoms with van der Waals surface area (Å²) in [7, 11) is 0. The molecule has 0 aromatic heterocycles. The van der Waals surface area contributed by atoms with Crippen LogP contribution in [-0.2, 0) is 12.8 Å². The highest BCUT2D eigenvalue weighted by Gasteiger charge is 2.17. The molecule has 19 heavy (non-hydrogen) atoms. The van der Waals surface area contributed by atoms with Crippen molar-refractivity contribution < 1.29 is 0 Å². The minimum Gasteiger partial charge on any atom is -0.382 e. The van der Waals surface area contributed by atoms with E-state index < -0.39 is 0 Å². The van der Waals surface area contributed by atoms with Crippen molar-refractivity contribution in [2.24, 2.45) is 0 Å². The van der Waals surface area contributed by atoms with Crippen molar-refractivity contribution in [3.8, 4) is 0 Å². The van der Waals surface area contributed by atoms with Gasteiger partial charge in [-0.1, -0.05) is 42.5 Å². The van der Waals surface area contributed by atoms with Gasteiger partial charge in [0.15, 0.2) is 0 Å². The van der Waals surface area contributed by atoms with Gasteiger partial charge in [-0.2, -0.15) is 0 Å². The fourth-order valence-electron chi connectivity index (χ4n) is 2.59. The van der Waals surface area contributed by atoms with Crippen LogP contribution in [0.5, 0.6) is 0 Å². The first kappa shape index (κ1) is 15.9. The second-order valence-electron chi connectivity index (χ2n) is 4.72. The quantitative estimate of drug-likeness (QED) is 0.860. The number of halogens is 2. The highest BCUT2D eigenvalue weighted by atomic mass is 35.5. The Hall–Kier alpha value is -1.18. The number of anilines is 1. The van der Waals surface area contributed by atoms with Gasteiger partial charge in [-0.25, -0.2) is 0 Å². The molecule has 1 aliphatic carbocycles. The Bertz CT molecular complexity index is 499. The highest BCUT2D eigenvalue weighted by Crippen LogP contribution is 2.23. The lowest BCUT2D eigenvalue weighted by Crippen LogP contribution is -2.27. The Balaban J connectivity index is 0.000000902. The first-order chi connectivity index (χ1) is 8.42. The number of benzene rings is 2. The molecule has 0 saturated heterocycles. The van der Waals surface area contributed by atoms with E-state index in [1.54, 1.807) is 0 Å². The van der Waals surface area contributed by atoms with Crippen LogP contribution in [0.25, 0.3) is 0 Å². The summed E-state index contributed by atoms with van der Waals surface area (Å²) in [4.78, 5) is 0. The summed E-state index contributed by atoms with van der Waals surface area (Å²) in [5.74, 6) is 0. The smallest absolute Gasteiger partial charge is 0.0342 e. The normalized spacial score (nSPS) is 16.5. The van der Waals surface area contributed by atoms with Crippen LogP contribution in [0.1, 0.15) is 17.5 Å². The maximum Gasteiger partial charge on any atom is 0.0342 e. The van der Waals surface area contributed by atoms with E-state index in [0.29, 0.717) is 6.04 Å². The molecule has 0 heterocycles. The molecular formula is C16H19Cl2N. The minimum absolute atomic E-state index is 0. The van der Waals surface area contributed by atoms with Gasteiger partial charge in [-0.15, -0.1) is 24.8 Å². The van der Waals surface area contributed by atoms with E-state index in [9.17, 15) is 0 Å². The Morgan fingerprint density at radius 1 is 0.789 bits per heavy atom. The van der Waals surface area contributed by atoms with Crippen molar-refractivity contribution >= 4 is 30.5 Å². The summed E-state index contributed by atoms with van der Waals surface area (Å²) in [6.07, 6.45) is 3.57. The standard InChI is InChI=1S/C16H17N.2ClH/c1-2-8-15(9-3-1)17-16-11-10-13-6-4-5-7-14(13)12-16;;/h1-9,16-17H,10-12H2;2*1H. The average molecular weight is 296 g/mol. The fourth-order valence-corrected chi connectivity index (χ4v) is 2.59. The van der Waals surface area contributed by atoms with Gasteiger partial charge in [0, 0.05) is 11.7 Å². The lowest BCUT2D eigenvalue weighted by Gasteiger charge is -2.26. The molecule has 1 aliphatic rings. The Labute approximate surface area is 127 Å². The number of para-hydroxylation sites is 1. The van der Waals surface area contributed by atoms with Gasteiger partial charge in [0.1, 0.15) is 0 Å². The maximum atomic E-state index is 3.62. The van der Waals surface area contributed by atoms with Crippen molar-refractivity contribution in [3.05, 3.63) is 65.7 Å². The Morgan fingerprint density at radius 3 is 2.16 bits per heavy atom. The number of aryl methyl sites for hydroxylation is 1. The second-order valence-corrected chi connectivity index (χ2v) is 4.72. The Kier molecular flexibility index (Phi) is 6.20. The van der Waals surface area contributed by atoms with Crippen molar-refractivity contribution in [1.29, 1.82) is 0 Å². The molecule has 1 atom stereocenters. The molecule has 2 aromatic carbocycles. The van der Waals surface area contributed by atoms with E-state index in [-0.39, 0.29) is 24.8 Å². The monoisotopic (exact) mass is 295 g/mol. The van der Waals surface area contributed by atoms with Gasteiger partial charge in [0.2, 0.25) is 0 Å². The molecule has 0 spiro atoms. The van der Waals surface area contributed by atoms with Crippen molar-refractivity contribution in [2.45, 2.75) is 25.3 Å². The zero-order valence-corrected chi connectivity index (χ0v) is 12.3. The Morgan fingerprint density at radius 2 is 1.42 bits per heavy atom. The number of nitrogens with one attached hydrogen (secondary N) is 1. The van der Waals surface area contributed by atoms with E-state index in [2.05, 4.69) is 59.9 Å². The van der Waals surface area contributed by atoms with Crippen LogP contribution in [0.4, 0.5) is 5.69 Å². The molecule has 102 valence electrons. The van der Waals surface area contributed by atoms with Gasteiger partial charge in [0.05, 0.1) is 0 Å². The molecular weight excluding hydrogens is 277 g/mol. The summed E-state index contributed by atoms with van der Waals surface area (Å²) in [5, 5.41) is 3.62. The third-order valence-corrected chi connectivity index (χ3v) is 3.49. The molecule has 1 N–H and O–H groups in total. The maximum absolute atomic E-state index is 3.62. The lowest BCUT2D eigenvalue weighted by atomic mass is 9.88. The third kappa shape index (κ3) is 3.89. The molecule has 0 saturated carbocycles. The third-order valence-electron chi connectivity index (χ3n) is 3.49. The fraction of sp³-hybridized carbons (Fsp3) is 0.250. The topological polar surface area (TPSA) is 12.0 Å². The molecule has 3 rings (SSSR count). The summed E-state index contributed by atoms with van der Waals surface area (Å²) in [6, 6.07) is 19.9. The van der Waals surface area contributed by atoms with E-state index >= 15 is 0 Å². The van der Waals surface area contributed by atoms with E-state index in [4.69, 9.17) is 0 Å². The van der Waals surface area contributed by atoms with Gasteiger partial charge >= 0.3 is 0 Å². The summed E-state index contributed by atoms with van der Waals surface area (Å²) in [6.45, 7) is 0. The predicted octanol–water partition coefficient (Wildman–Crippen LogP) is 4.50. The number of fused-ring (bicyclic) bond motifs is 1. The molecule has 1 nitrogen and oxygen atoms in total. The van der Waals surface area contributed by atoms with Crippen LogP contribution >= 0.6 is 24.8 Å². The van der Waals surface area contributed by atoms with E-state index in [0.717, 1.165) is 6.42 Å².